The molecule has 0 aromatic rings. The SMILES string of the molecule is Cl.NCCNS(=O)(=O)C(F)F. The fourth-order valence-electron chi connectivity index (χ4n) is 0.264. The first-order chi connectivity index (χ1) is 4.50. The molecule has 0 amide bonds. The van der Waals surface area contributed by atoms with Gasteiger partial charge >= 0.3 is 5.76 Å². The second-order valence-electron chi connectivity index (χ2n) is 1.49. The number of sulfonamides is 1. The van der Waals surface area contributed by atoms with Crippen LogP contribution in [0.2, 0.25) is 0 Å². The minimum atomic E-state index is -4.42. The number of alkyl halides is 2. The van der Waals surface area contributed by atoms with Gasteiger partial charge in [0.1, 0.15) is 0 Å². The highest BCUT2D eigenvalue weighted by atomic mass is 35.5. The van der Waals surface area contributed by atoms with Crippen LogP contribution in [0, 0.1) is 0 Å². The molecule has 0 saturated carbocycles. The molecule has 0 rings (SSSR count). The van der Waals surface area contributed by atoms with Crippen molar-refractivity contribution in [3.8, 4) is 0 Å². The van der Waals surface area contributed by atoms with Crippen LogP contribution in [0.5, 0.6) is 0 Å². The van der Waals surface area contributed by atoms with Gasteiger partial charge in [-0.15, -0.1) is 12.4 Å². The molecule has 0 aliphatic heterocycles. The summed E-state index contributed by atoms with van der Waals surface area (Å²) in [5.74, 6) is -3.38. The molecule has 0 aromatic heterocycles. The molecule has 3 N–H and O–H groups in total. The molecule has 0 spiro atoms. The first-order valence-electron chi connectivity index (χ1n) is 2.47. The van der Waals surface area contributed by atoms with Gasteiger partial charge in [0.15, 0.2) is 0 Å². The Bertz CT molecular complexity index is 184. The van der Waals surface area contributed by atoms with E-state index >= 15 is 0 Å². The highest BCUT2D eigenvalue weighted by Gasteiger charge is 2.22. The average molecular weight is 211 g/mol. The van der Waals surface area contributed by atoms with Crippen LogP contribution in [0.15, 0.2) is 0 Å². The Kier molecular flexibility index (Phi) is 6.98. The predicted molar refractivity (Wildman–Crippen MR) is 39.2 cm³/mol. The molecule has 0 unspecified atom stereocenters. The van der Waals surface area contributed by atoms with E-state index in [1.54, 1.807) is 4.72 Å². The minimum Gasteiger partial charge on any atom is -0.329 e. The highest BCUT2D eigenvalue weighted by Crippen LogP contribution is 1.99. The molecule has 11 heavy (non-hydrogen) atoms. The Labute approximate surface area is 69.6 Å². The molecule has 0 heterocycles. The van der Waals surface area contributed by atoms with Gasteiger partial charge in [-0.2, -0.15) is 8.78 Å². The summed E-state index contributed by atoms with van der Waals surface area (Å²) in [6.45, 7) is -0.154. The molecule has 0 saturated heterocycles. The third-order valence-corrected chi connectivity index (χ3v) is 1.76. The molecular formula is C3H9ClF2N2O2S. The number of hydrogen-bond acceptors (Lipinski definition) is 3. The number of rotatable bonds is 4. The first-order valence-corrected chi connectivity index (χ1v) is 4.02. The number of nitrogens with one attached hydrogen (secondary N) is 1. The molecule has 70 valence electrons. The van der Waals surface area contributed by atoms with E-state index in [2.05, 4.69) is 0 Å². The number of hydrogen-bond donors (Lipinski definition) is 2. The fraction of sp³-hybridized carbons (Fsp3) is 1.00. The van der Waals surface area contributed by atoms with Crippen LogP contribution in [0.25, 0.3) is 0 Å². The lowest BCUT2D eigenvalue weighted by Crippen LogP contribution is -2.33. The smallest absolute Gasteiger partial charge is 0.329 e. The summed E-state index contributed by atoms with van der Waals surface area (Å²) in [5.41, 5.74) is 4.86. The van der Waals surface area contributed by atoms with Crippen LogP contribution in [-0.2, 0) is 10.0 Å². The minimum absolute atomic E-state index is 0. The van der Waals surface area contributed by atoms with Crippen molar-refractivity contribution in [1.82, 2.24) is 4.72 Å². The second kappa shape index (κ2) is 5.64. The van der Waals surface area contributed by atoms with Crippen LogP contribution >= 0.6 is 12.4 Å². The van der Waals surface area contributed by atoms with Gasteiger partial charge in [-0.25, -0.2) is 13.1 Å². The zero-order valence-electron chi connectivity index (χ0n) is 5.46. The van der Waals surface area contributed by atoms with E-state index in [0.29, 0.717) is 0 Å². The predicted octanol–water partition coefficient (Wildman–Crippen LogP) is -0.491. The van der Waals surface area contributed by atoms with Crippen LogP contribution in [0.4, 0.5) is 8.78 Å². The van der Waals surface area contributed by atoms with Crippen molar-refractivity contribution in [1.29, 1.82) is 0 Å². The molecule has 8 heteroatoms. The van der Waals surface area contributed by atoms with Gasteiger partial charge in [-0.1, -0.05) is 0 Å². The topological polar surface area (TPSA) is 72.2 Å². The second-order valence-corrected chi connectivity index (χ2v) is 3.22. The Hall–Kier alpha value is 0.0200. The zero-order valence-corrected chi connectivity index (χ0v) is 7.09. The molecule has 0 aliphatic rings. The van der Waals surface area contributed by atoms with Gasteiger partial charge in [-0.05, 0) is 0 Å². The van der Waals surface area contributed by atoms with Gasteiger partial charge in [0.25, 0.3) is 10.0 Å². The van der Waals surface area contributed by atoms with Crippen molar-refractivity contribution >= 4 is 22.4 Å². The normalized spacial score (nSPS) is 11.3. The average Bonchev–Trinajstić information content (AvgIpc) is 1.84. The van der Waals surface area contributed by atoms with Crippen LogP contribution in [0.3, 0.4) is 0 Å². The monoisotopic (exact) mass is 210 g/mol. The van der Waals surface area contributed by atoms with Crippen molar-refractivity contribution < 1.29 is 17.2 Å². The first kappa shape index (κ1) is 13.6. The highest BCUT2D eigenvalue weighted by molar-refractivity contribution is 7.89. The Morgan fingerprint density at radius 1 is 1.45 bits per heavy atom. The maximum atomic E-state index is 11.4. The summed E-state index contributed by atoms with van der Waals surface area (Å²) in [7, 11) is -4.42. The van der Waals surface area contributed by atoms with E-state index in [9.17, 15) is 17.2 Å². The van der Waals surface area contributed by atoms with Gasteiger partial charge in [0.05, 0.1) is 0 Å². The van der Waals surface area contributed by atoms with E-state index < -0.39 is 15.8 Å². The van der Waals surface area contributed by atoms with Crippen molar-refractivity contribution in [3.05, 3.63) is 0 Å². The van der Waals surface area contributed by atoms with Crippen LogP contribution < -0.4 is 10.5 Å². The molecule has 0 bridgehead atoms. The maximum Gasteiger partial charge on any atom is 0.350 e. The quantitative estimate of drug-likeness (QED) is 0.658. The van der Waals surface area contributed by atoms with Crippen LogP contribution in [-0.4, -0.2) is 27.3 Å². The molecule has 0 atom stereocenters. The summed E-state index contributed by atoms with van der Waals surface area (Å²) in [4.78, 5) is 0. The molecule has 0 aliphatic carbocycles. The van der Waals surface area contributed by atoms with E-state index in [4.69, 9.17) is 5.73 Å². The summed E-state index contributed by atoms with van der Waals surface area (Å²) >= 11 is 0. The lowest BCUT2D eigenvalue weighted by atomic mass is 10.7. The Balaban J connectivity index is 0. The number of nitrogens with two attached hydrogens (primary N) is 1. The zero-order chi connectivity index (χ0) is 8.20. The standard InChI is InChI=1S/C3H8F2N2O2S.ClH/c4-3(5)10(8,9)7-2-1-6;/h3,7H,1-2,6H2;1H. The maximum absolute atomic E-state index is 11.4. The van der Waals surface area contributed by atoms with Crippen molar-refractivity contribution in [2.45, 2.75) is 5.76 Å². The van der Waals surface area contributed by atoms with Crippen molar-refractivity contribution in [2.24, 2.45) is 5.73 Å². The molecule has 0 aromatic carbocycles. The Morgan fingerprint density at radius 2 is 1.91 bits per heavy atom. The Morgan fingerprint density at radius 3 is 2.18 bits per heavy atom. The van der Waals surface area contributed by atoms with Gasteiger partial charge < -0.3 is 5.73 Å². The van der Waals surface area contributed by atoms with E-state index in [1.807, 2.05) is 0 Å². The lowest BCUT2D eigenvalue weighted by molar-refractivity contribution is 0.232. The van der Waals surface area contributed by atoms with Crippen LogP contribution in [0.1, 0.15) is 0 Å². The fourth-order valence-corrected chi connectivity index (χ4v) is 0.793. The van der Waals surface area contributed by atoms with E-state index in [1.165, 1.54) is 0 Å². The number of halogens is 3. The van der Waals surface area contributed by atoms with E-state index in [-0.39, 0.29) is 25.5 Å². The molecule has 0 fully saturated rings. The van der Waals surface area contributed by atoms with Gasteiger partial charge in [0, 0.05) is 13.1 Å². The van der Waals surface area contributed by atoms with Crippen molar-refractivity contribution in [3.63, 3.8) is 0 Å². The third kappa shape index (κ3) is 5.31. The third-order valence-electron chi connectivity index (χ3n) is 0.682. The van der Waals surface area contributed by atoms with Crippen molar-refractivity contribution in [2.75, 3.05) is 13.1 Å². The largest absolute Gasteiger partial charge is 0.350 e. The summed E-state index contributed by atoms with van der Waals surface area (Å²) in [5, 5.41) is 0. The summed E-state index contributed by atoms with van der Waals surface area (Å²) < 4.78 is 44.8. The van der Waals surface area contributed by atoms with Gasteiger partial charge in [-0.3, -0.25) is 0 Å². The summed E-state index contributed by atoms with van der Waals surface area (Å²) in [6, 6.07) is 0. The molecular weight excluding hydrogens is 202 g/mol. The summed E-state index contributed by atoms with van der Waals surface area (Å²) in [6.07, 6.45) is 0. The lowest BCUT2D eigenvalue weighted by Gasteiger charge is -2.01. The molecule has 0 radical (unpaired) electrons. The van der Waals surface area contributed by atoms with E-state index in [0.717, 1.165) is 0 Å². The van der Waals surface area contributed by atoms with Gasteiger partial charge in [0.2, 0.25) is 0 Å². The molecule has 4 nitrogen and oxygen atoms in total.